The lowest BCUT2D eigenvalue weighted by Gasteiger charge is -1.92. The smallest absolute Gasteiger partial charge is 0.238 e. The van der Waals surface area contributed by atoms with E-state index >= 15 is 0 Å². The minimum absolute atomic E-state index is 0.0570. The van der Waals surface area contributed by atoms with Crippen molar-refractivity contribution in [1.82, 2.24) is 5.32 Å². The van der Waals surface area contributed by atoms with Gasteiger partial charge in [-0.1, -0.05) is 13.3 Å². The third kappa shape index (κ3) is 5.47. The van der Waals surface area contributed by atoms with E-state index < -0.39 is 0 Å². The zero-order chi connectivity index (χ0) is 6.41. The molecule has 0 aromatic carbocycles. The number of hydrogen-bond acceptors (Lipinski definition) is 1. The Hall–Kier alpha value is -0.530. The normalized spacial score (nSPS) is 8.75. The molecule has 1 radical (unpaired) electrons. The van der Waals surface area contributed by atoms with Gasteiger partial charge in [0.05, 0.1) is 0 Å². The molecule has 0 unspecified atom stereocenters. The van der Waals surface area contributed by atoms with Gasteiger partial charge in [-0.05, 0) is 6.42 Å². The number of rotatable bonds is 3. The predicted molar refractivity (Wildman–Crippen MR) is 32.6 cm³/mol. The molecular weight excluding hydrogens is 102 g/mol. The maximum atomic E-state index is 10.2. The lowest BCUT2D eigenvalue weighted by atomic mass is 10.3. The van der Waals surface area contributed by atoms with Crippen LogP contribution in [0.3, 0.4) is 0 Å². The van der Waals surface area contributed by atoms with Gasteiger partial charge >= 0.3 is 0 Å². The molecule has 0 saturated carbocycles. The molecule has 0 aliphatic rings. The zero-order valence-corrected chi connectivity index (χ0v) is 5.48. The third-order valence-electron chi connectivity index (χ3n) is 0.846. The van der Waals surface area contributed by atoms with E-state index in [0.29, 0.717) is 6.54 Å². The summed E-state index contributed by atoms with van der Waals surface area (Å²) in [4.78, 5) is 10.2. The zero-order valence-electron chi connectivity index (χ0n) is 5.48. The van der Waals surface area contributed by atoms with Crippen molar-refractivity contribution < 1.29 is 4.79 Å². The molecule has 0 spiro atoms. The first-order valence-electron chi connectivity index (χ1n) is 2.95. The molecule has 0 aliphatic heterocycles. The average Bonchev–Trinajstić information content (AvgIpc) is 1.66. The highest BCUT2D eigenvalue weighted by Gasteiger charge is 1.88. The van der Waals surface area contributed by atoms with Crippen LogP contribution in [-0.2, 0) is 4.79 Å². The van der Waals surface area contributed by atoms with Gasteiger partial charge in [-0.25, -0.2) is 0 Å². The van der Waals surface area contributed by atoms with E-state index in [2.05, 4.69) is 12.2 Å². The molecule has 0 aromatic rings. The molecule has 0 N–H and O–H groups in total. The maximum absolute atomic E-state index is 10.2. The Morgan fingerprint density at radius 2 is 2.25 bits per heavy atom. The molecule has 0 aromatic heterocycles. The summed E-state index contributed by atoms with van der Waals surface area (Å²) in [5, 5.41) is 3.68. The summed E-state index contributed by atoms with van der Waals surface area (Å²) in [6.07, 6.45) is 2.14. The van der Waals surface area contributed by atoms with E-state index in [-0.39, 0.29) is 5.91 Å². The Labute approximate surface area is 50.3 Å². The molecule has 0 heterocycles. The minimum atomic E-state index is -0.0570. The molecule has 0 aliphatic carbocycles. The summed E-state index contributed by atoms with van der Waals surface area (Å²) in [6, 6.07) is 0. The van der Waals surface area contributed by atoms with Gasteiger partial charge in [-0.3, -0.25) is 10.1 Å². The van der Waals surface area contributed by atoms with Gasteiger partial charge in [-0.15, -0.1) is 0 Å². The first-order valence-corrected chi connectivity index (χ1v) is 2.95. The molecule has 0 fully saturated rings. The minimum Gasteiger partial charge on any atom is -0.273 e. The highest BCUT2D eigenvalue weighted by atomic mass is 16.1. The van der Waals surface area contributed by atoms with Crippen LogP contribution in [0.15, 0.2) is 0 Å². The van der Waals surface area contributed by atoms with Crippen molar-refractivity contribution >= 4 is 5.91 Å². The Morgan fingerprint density at radius 3 is 2.62 bits per heavy atom. The lowest BCUT2D eigenvalue weighted by Crippen LogP contribution is -2.11. The van der Waals surface area contributed by atoms with Crippen molar-refractivity contribution in [3.8, 4) is 0 Å². The van der Waals surface area contributed by atoms with Crippen LogP contribution in [0.25, 0.3) is 0 Å². The van der Waals surface area contributed by atoms with Gasteiger partial charge in [0.25, 0.3) is 0 Å². The van der Waals surface area contributed by atoms with Crippen LogP contribution >= 0.6 is 0 Å². The summed E-state index contributed by atoms with van der Waals surface area (Å²) < 4.78 is 0. The van der Waals surface area contributed by atoms with Crippen LogP contribution in [-0.4, -0.2) is 12.5 Å². The fraction of sp³-hybridized carbons (Fsp3) is 0.833. The molecule has 2 nitrogen and oxygen atoms in total. The second-order valence-corrected chi connectivity index (χ2v) is 1.75. The molecule has 47 valence electrons. The van der Waals surface area contributed by atoms with Crippen LogP contribution in [0.4, 0.5) is 0 Å². The molecule has 1 amide bonds. The van der Waals surface area contributed by atoms with E-state index in [0.717, 1.165) is 12.8 Å². The Balaban J connectivity index is 2.82. The quantitative estimate of drug-likeness (QED) is 0.502. The topological polar surface area (TPSA) is 31.2 Å². The van der Waals surface area contributed by atoms with Crippen molar-refractivity contribution in [3.63, 3.8) is 0 Å². The van der Waals surface area contributed by atoms with Crippen LogP contribution < -0.4 is 5.32 Å². The SMILES string of the molecule is CCCC[N]C(C)=O. The number of carbonyl (C=O) groups excluding carboxylic acids is 1. The maximum Gasteiger partial charge on any atom is 0.238 e. The van der Waals surface area contributed by atoms with Crippen LogP contribution in [0, 0.1) is 0 Å². The van der Waals surface area contributed by atoms with E-state index in [9.17, 15) is 4.79 Å². The summed E-state index contributed by atoms with van der Waals surface area (Å²) in [6.45, 7) is 4.26. The summed E-state index contributed by atoms with van der Waals surface area (Å²) in [7, 11) is 0. The molecule has 8 heavy (non-hydrogen) atoms. The summed E-state index contributed by atoms with van der Waals surface area (Å²) in [5.41, 5.74) is 0. The Morgan fingerprint density at radius 1 is 1.62 bits per heavy atom. The van der Waals surface area contributed by atoms with Crippen molar-refractivity contribution in [2.75, 3.05) is 6.54 Å². The predicted octanol–water partition coefficient (Wildman–Crippen LogP) is 0.937. The molecule has 0 saturated heterocycles. The number of unbranched alkanes of at least 4 members (excludes halogenated alkanes) is 1. The van der Waals surface area contributed by atoms with Crippen molar-refractivity contribution in [3.05, 3.63) is 0 Å². The average molecular weight is 114 g/mol. The molecule has 0 rings (SSSR count). The van der Waals surface area contributed by atoms with Crippen LogP contribution in [0.2, 0.25) is 0 Å². The van der Waals surface area contributed by atoms with Gasteiger partial charge in [0.1, 0.15) is 0 Å². The Kier molecular flexibility index (Phi) is 4.32. The highest BCUT2D eigenvalue weighted by molar-refractivity contribution is 5.72. The van der Waals surface area contributed by atoms with Gasteiger partial charge in [0, 0.05) is 13.5 Å². The van der Waals surface area contributed by atoms with E-state index in [4.69, 9.17) is 0 Å². The number of carbonyl (C=O) groups is 1. The second-order valence-electron chi connectivity index (χ2n) is 1.75. The van der Waals surface area contributed by atoms with Gasteiger partial charge < -0.3 is 0 Å². The number of amides is 1. The van der Waals surface area contributed by atoms with Crippen molar-refractivity contribution in [2.45, 2.75) is 26.7 Å². The fourth-order valence-corrected chi connectivity index (χ4v) is 0.395. The summed E-state index contributed by atoms with van der Waals surface area (Å²) >= 11 is 0. The number of nitrogens with zero attached hydrogens (tertiary/aromatic N) is 1. The van der Waals surface area contributed by atoms with Gasteiger partial charge in [-0.2, -0.15) is 0 Å². The molecule has 0 atom stereocenters. The molecule has 0 bridgehead atoms. The van der Waals surface area contributed by atoms with Crippen molar-refractivity contribution in [1.29, 1.82) is 0 Å². The van der Waals surface area contributed by atoms with Gasteiger partial charge in [0.2, 0.25) is 5.91 Å². The van der Waals surface area contributed by atoms with Crippen LogP contribution in [0.1, 0.15) is 26.7 Å². The molecular formula is C6H12NO. The van der Waals surface area contributed by atoms with Crippen molar-refractivity contribution in [2.24, 2.45) is 0 Å². The van der Waals surface area contributed by atoms with E-state index in [1.807, 2.05) is 0 Å². The lowest BCUT2D eigenvalue weighted by molar-refractivity contribution is -0.119. The molecule has 2 heteroatoms. The number of hydrogen-bond donors (Lipinski definition) is 0. The van der Waals surface area contributed by atoms with E-state index in [1.165, 1.54) is 6.92 Å². The third-order valence-corrected chi connectivity index (χ3v) is 0.846. The highest BCUT2D eigenvalue weighted by Crippen LogP contribution is 1.82. The monoisotopic (exact) mass is 114 g/mol. The summed E-state index contributed by atoms with van der Waals surface area (Å²) in [5.74, 6) is -0.0570. The standard InChI is InChI=1S/C6H12NO/c1-3-4-5-7-6(2)8/h3-5H2,1-2H3. The first kappa shape index (κ1) is 7.47. The first-order chi connectivity index (χ1) is 3.77. The van der Waals surface area contributed by atoms with E-state index in [1.54, 1.807) is 0 Å². The fourth-order valence-electron chi connectivity index (χ4n) is 0.395. The Bertz CT molecular complexity index is 70.9. The van der Waals surface area contributed by atoms with Crippen LogP contribution in [0.5, 0.6) is 0 Å². The second kappa shape index (κ2) is 4.62. The van der Waals surface area contributed by atoms with Gasteiger partial charge in [0.15, 0.2) is 0 Å². The largest absolute Gasteiger partial charge is 0.273 e.